The predicted molar refractivity (Wildman–Crippen MR) is 86.5 cm³/mol. The highest BCUT2D eigenvalue weighted by atomic mass is 35.5. The van der Waals surface area contributed by atoms with Gasteiger partial charge in [-0.2, -0.15) is 0 Å². The molecule has 1 aliphatic heterocycles. The Morgan fingerprint density at radius 2 is 1.43 bits per heavy atom. The van der Waals surface area contributed by atoms with Crippen molar-refractivity contribution in [1.82, 2.24) is 4.90 Å². The summed E-state index contributed by atoms with van der Waals surface area (Å²) in [6, 6.07) is 15.6. The van der Waals surface area contributed by atoms with Crippen LogP contribution in [0, 0.1) is 0 Å². The maximum atomic E-state index is 10.4. The van der Waals surface area contributed by atoms with Crippen molar-refractivity contribution < 1.29 is 5.11 Å². The molecule has 0 aromatic heterocycles. The smallest absolute Gasteiger partial charge is 0.104 e. The first-order valence-electron chi connectivity index (χ1n) is 7.47. The Morgan fingerprint density at radius 1 is 0.905 bits per heavy atom. The monoisotopic (exact) mass is 301 g/mol. The molecule has 0 bridgehead atoms. The molecule has 0 saturated carbocycles. The summed E-state index contributed by atoms with van der Waals surface area (Å²) in [6.45, 7) is 3.42. The van der Waals surface area contributed by atoms with Gasteiger partial charge in [0.05, 0.1) is 0 Å². The summed E-state index contributed by atoms with van der Waals surface area (Å²) in [6.07, 6.45) is 2.03. The molecular formula is C18H20ClNO. The molecule has 110 valence electrons. The first kappa shape index (κ1) is 14.6. The molecular weight excluding hydrogens is 282 g/mol. The van der Waals surface area contributed by atoms with E-state index in [-0.39, 0.29) is 0 Å². The Kier molecular flexibility index (Phi) is 4.59. The molecule has 0 amide bonds. The maximum absolute atomic E-state index is 10.4. The third kappa shape index (κ3) is 3.65. The minimum absolute atomic E-state index is 0.594. The van der Waals surface area contributed by atoms with Crippen molar-refractivity contribution in [2.24, 2.45) is 0 Å². The summed E-state index contributed by atoms with van der Waals surface area (Å²) in [4.78, 5) is 2.48. The van der Waals surface area contributed by atoms with Gasteiger partial charge in [0, 0.05) is 11.6 Å². The van der Waals surface area contributed by atoms with E-state index in [0.29, 0.717) is 5.02 Å². The van der Waals surface area contributed by atoms with Crippen molar-refractivity contribution in [1.29, 1.82) is 0 Å². The molecule has 0 aliphatic carbocycles. The van der Waals surface area contributed by atoms with E-state index >= 15 is 0 Å². The summed E-state index contributed by atoms with van der Waals surface area (Å²) in [5, 5.41) is 11.1. The average Bonchev–Trinajstić information content (AvgIpc) is 3.01. The highest BCUT2D eigenvalue weighted by Crippen LogP contribution is 2.24. The largest absolute Gasteiger partial charge is 0.384 e. The molecule has 2 aromatic rings. The number of hydrogen-bond acceptors (Lipinski definition) is 2. The second-order valence-electron chi connectivity index (χ2n) is 5.68. The van der Waals surface area contributed by atoms with Gasteiger partial charge in [-0.15, -0.1) is 0 Å². The lowest BCUT2D eigenvalue weighted by molar-refractivity contribution is 0.220. The van der Waals surface area contributed by atoms with E-state index in [0.717, 1.165) is 17.7 Å². The Labute approximate surface area is 131 Å². The normalized spacial score (nSPS) is 17.0. The van der Waals surface area contributed by atoms with E-state index in [1.165, 1.54) is 31.5 Å². The van der Waals surface area contributed by atoms with Crippen LogP contribution in [0.15, 0.2) is 48.5 Å². The SMILES string of the molecule is OC(c1ccc(Cl)cc1)c1ccc(CN2CCCC2)cc1. The minimum atomic E-state index is -0.594. The number of aliphatic hydroxyl groups excluding tert-OH is 1. The highest BCUT2D eigenvalue weighted by Gasteiger charge is 2.13. The van der Waals surface area contributed by atoms with Crippen molar-refractivity contribution in [2.75, 3.05) is 13.1 Å². The van der Waals surface area contributed by atoms with Gasteiger partial charge in [0.2, 0.25) is 0 Å². The first-order valence-corrected chi connectivity index (χ1v) is 7.85. The molecule has 1 aliphatic rings. The van der Waals surface area contributed by atoms with Crippen LogP contribution in [0.4, 0.5) is 0 Å². The molecule has 3 heteroatoms. The Hall–Kier alpha value is -1.35. The Balaban J connectivity index is 1.69. The molecule has 1 unspecified atom stereocenters. The number of rotatable bonds is 4. The number of likely N-dealkylation sites (tertiary alicyclic amines) is 1. The standard InChI is InChI=1S/C18H20ClNO/c19-17-9-7-16(8-10-17)18(21)15-5-3-14(4-6-15)13-20-11-1-2-12-20/h3-10,18,21H,1-2,11-13H2. The van der Waals surface area contributed by atoms with Crippen molar-refractivity contribution >= 4 is 11.6 Å². The molecule has 1 fully saturated rings. The van der Waals surface area contributed by atoms with Gasteiger partial charge >= 0.3 is 0 Å². The minimum Gasteiger partial charge on any atom is -0.384 e. The molecule has 1 saturated heterocycles. The zero-order valence-electron chi connectivity index (χ0n) is 12.0. The molecule has 1 heterocycles. The van der Waals surface area contributed by atoms with E-state index in [2.05, 4.69) is 17.0 Å². The van der Waals surface area contributed by atoms with E-state index in [1.54, 1.807) is 0 Å². The van der Waals surface area contributed by atoms with Gasteiger partial charge in [-0.25, -0.2) is 0 Å². The lowest BCUT2D eigenvalue weighted by Gasteiger charge is -2.16. The quantitative estimate of drug-likeness (QED) is 0.922. The van der Waals surface area contributed by atoms with E-state index in [9.17, 15) is 5.11 Å². The van der Waals surface area contributed by atoms with Gasteiger partial charge in [-0.3, -0.25) is 4.90 Å². The molecule has 1 atom stereocenters. The van der Waals surface area contributed by atoms with Gasteiger partial charge in [0.15, 0.2) is 0 Å². The lowest BCUT2D eigenvalue weighted by Crippen LogP contribution is -2.18. The second kappa shape index (κ2) is 6.61. The lowest BCUT2D eigenvalue weighted by atomic mass is 10.0. The van der Waals surface area contributed by atoms with Gasteiger partial charge < -0.3 is 5.11 Å². The number of hydrogen-bond donors (Lipinski definition) is 1. The summed E-state index contributed by atoms with van der Waals surface area (Å²) < 4.78 is 0. The van der Waals surface area contributed by atoms with Crippen molar-refractivity contribution in [3.05, 3.63) is 70.2 Å². The predicted octanol–water partition coefficient (Wildman–Crippen LogP) is 4.02. The third-order valence-electron chi connectivity index (χ3n) is 4.09. The zero-order chi connectivity index (χ0) is 14.7. The molecule has 0 radical (unpaired) electrons. The highest BCUT2D eigenvalue weighted by molar-refractivity contribution is 6.30. The number of benzene rings is 2. The Bertz CT molecular complexity index is 573. The average molecular weight is 302 g/mol. The van der Waals surface area contributed by atoms with Gasteiger partial charge in [0.25, 0.3) is 0 Å². The van der Waals surface area contributed by atoms with Crippen molar-refractivity contribution in [3.8, 4) is 0 Å². The van der Waals surface area contributed by atoms with Crippen LogP contribution in [-0.4, -0.2) is 23.1 Å². The van der Waals surface area contributed by atoms with Crippen LogP contribution in [0.5, 0.6) is 0 Å². The fourth-order valence-electron chi connectivity index (χ4n) is 2.84. The number of aliphatic hydroxyl groups is 1. The van der Waals surface area contributed by atoms with Crippen LogP contribution in [0.1, 0.15) is 35.6 Å². The van der Waals surface area contributed by atoms with Crippen molar-refractivity contribution in [2.45, 2.75) is 25.5 Å². The Morgan fingerprint density at radius 3 is 2.00 bits per heavy atom. The first-order chi connectivity index (χ1) is 10.2. The summed E-state index contributed by atoms with van der Waals surface area (Å²) in [5.74, 6) is 0. The third-order valence-corrected chi connectivity index (χ3v) is 4.34. The molecule has 2 aromatic carbocycles. The van der Waals surface area contributed by atoms with Crippen LogP contribution in [0.2, 0.25) is 5.02 Å². The molecule has 21 heavy (non-hydrogen) atoms. The topological polar surface area (TPSA) is 23.5 Å². The molecule has 2 nitrogen and oxygen atoms in total. The maximum Gasteiger partial charge on any atom is 0.104 e. The summed E-state index contributed by atoms with van der Waals surface area (Å²) >= 11 is 5.88. The fraction of sp³-hybridized carbons (Fsp3) is 0.333. The van der Waals surface area contributed by atoms with Crippen molar-refractivity contribution in [3.63, 3.8) is 0 Å². The fourth-order valence-corrected chi connectivity index (χ4v) is 2.97. The van der Waals surface area contributed by atoms with Gasteiger partial charge in [-0.1, -0.05) is 48.0 Å². The number of halogens is 1. The van der Waals surface area contributed by atoms with Gasteiger partial charge in [-0.05, 0) is 54.8 Å². The van der Waals surface area contributed by atoms with Gasteiger partial charge in [0.1, 0.15) is 6.10 Å². The summed E-state index contributed by atoms with van der Waals surface area (Å²) in [5.41, 5.74) is 3.10. The van der Waals surface area contributed by atoms with Crippen LogP contribution < -0.4 is 0 Å². The van der Waals surface area contributed by atoms with E-state index < -0.39 is 6.10 Å². The molecule has 0 spiro atoms. The van der Waals surface area contributed by atoms with Crippen LogP contribution >= 0.6 is 11.6 Å². The summed E-state index contributed by atoms with van der Waals surface area (Å²) in [7, 11) is 0. The zero-order valence-corrected chi connectivity index (χ0v) is 12.8. The van der Waals surface area contributed by atoms with Crippen LogP contribution in [0.3, 0.4) is 0 Å². The van der Waals surface area contributed by atoms with Crippen LogP contribution in [0.25, 0.3) is 0 Å². The molecule has 1 N–H and O–H groups in total. The van der Waals surface area contributed by atoms with E-state index in [1.807, 2.05) is 36.4 Å². The second-order valence-corrected chi connectivity index (χ2v) is 6.12. The molecule has 3 rings (SSSR count). The van der Waals surface area contributed by atoms with Crippen LogP contribution in [-0.2, 0) is 6.54 Å². The van der Waals surface area contributed by atoms with E-state index in [4.69, 9.17) is 11.6 Å². The number of nitrogens with zero attached hydrogens (tertiary/aromatic N) is 1.